The van der Waals surface area contributed by atoms with Crippen molar-refractivity contribution in [1.82, 2.24) is 15.2 Å². The van der Waals surface area contributed by atoms with E-state index in [0.29, 0.717) is 35.4 Å². The number of aromatic nitrogens is 1. The first-order chi connectivity index (χ1) is 14.7. The van der Waals surface area contributed by atoms with Gasteiger partial charge < -0.3 is 15.1 Å². The number of anilines is 1. The second kappa shape index (κ2) is 8.56. The van der Waals surface area contributed by atoms with Gasteiger partial charge in [-0.2, -0.15) is 0 Å². The topological polar surface area (TPSA) is 65.5 Å². The highest BCUT2D eigenvalue weighted by molar-refractivity contribution is 5.94. The highest BCUT2D eigenvalue weighted by atomic mass is 16.2. The molecule has 6 nitrogen and oxygen atoms in total. The van der Waals surface area contributed by atoms with Gasteiger partial charge in [0.15, 0.2) is 0 Å². The first-order valence-corrected chi connectivity index (χ1v) is 12.0. The Morgan fingerprint density at radius 3 is 2.60 bits per heavy atom. The van der Waals surface area contributed by atoms with Crippen LogP contribution in [-0.2, 0) is 4.79 Å². The molecule has 1 aliphatic carbocycles. The highest BCUT2D eigenvalue weighted by Gasteiger charge is 2.44. The molecule has 0 aromatic carbocycles. The van der Waals surface area contributed by atoms with Gasteiger partial charge in [0.2, 0.25) is 5.91 Å². The lowest BCUT2D eigenvalue weighted by atomic mass is 9.76. The normalized spacial score (nSPS) is 29.9. The number of pyridine rings is 1. The van der Waals surface area contributed by atoms with Crippen LogP contribution in [0.5, 0.6) is 0 Å². The van der Waals surface area contributed by atoms with Crippen LogP contribution < -0.4 is 10.2 Å². The lowest BCUT2D eigenvalue weighted by Crippen LogP contribution is -2.60. The van der Waals surface area contributed by atoms with E-state index in [0.717, 1.165) is 57.6 Å². The molecule has 0 spiro atoms. The number of carbonyl (C=O) groups excluding carboxylic acids is 2. The van der Waals surface area contributed by atoms with Crippen molar-refractivity contribution in [2.75, 3.05) is 24.5 Å². The van der Waals surface area contributed by atoms with Crippen LogP contribution in [0.4, 0.5) is 5.82 Å². The van der Waals surface area contributed by atoms with Gasteiger partial charge in [-0.1, -0.05) is 25.7 Å². The lowest BCUT2D eigenvalue weighted by Gasteiger charge is -2.52. The van der Waals surface area contributed by atoms with Gasteiger partial charge in [0.05, 0.1) is 5.56 Å². The summed E-state index contributed by atoms with van der Waals surface area (Å²) < 4.78 is 0. The SMILES string of the molecule is O=C(NC1CCCCCC1)c1ccc(N2CC3CC(C2)[C@H]2CCCC(=O)N2C3)nc1. The van der Waals surface area contributed by atoms with Crippen LogP contribution in [0.25, 0.3) is 0 Å². The molecule has 5 rings (SSSR count). The second-order valence-electron chi connectivity index (χ2n) is 9.84. The van der Waals surface area contributed by atoms with Crippen LogP contribution in [0.1, 0.15) is 74.6 Å². The molecule has 4 fully saturated rings. The number of nitrogens with one attached hydrogen (secondary N) is 1. The van der Waals surface area contributed by atoms with Crippen LogP contribution >= 0.6 is 0 Å². The van der Waals surface area contributed by atoms with Crippen LogP contribution in [-0.4, -0.2) is 53.4 Å². The summed E-state index contributed by atoms with van der Waals surface area (Å²) >= 11 is 0. The minimum atomic E-state index is 0.00724. The third-order valence-electron chi connectivity index (χ3n) is 7.70. The van der Waals surface area contributed by atoms with Crippen molar-refractivity contribution in [3.05, 3.63) is 23.9 Å². The molecular weight excluding hydrogens is 376 g/mol. The summed E-state index contributed by atoms with van der Waals surface area (Å²) in [4.78, 5) is 34.2. The Morgan fingerprint density at radius 2 is 1.83 bits per heavy atom. The fraction of sp³-hybridized carbons (Fsp3) is 0.708. The summed E-state index contributed by atoms with van der Waals surface area (Å²) in [6.07, 6.45) is 13.0. The van der Waals surface area contributed by atoms with Crippen molar-refractivity contribution >= 4 is 17.6 Å². The minimum absolute atomic E-state index is 0.00724. The Hall–Kier alpha value is -2.11. The van der Waals surface area contributed by atoms with E-state index in [-0.39, 0.29) is 5.91 Å². The molecule has 3 aliphatic heterocycles. The summed E-state index contributed by atoms with van der Waals surface area (Å²) in [5.74, 6) is 2.40. The third-order valence-corrected chi connectivity index (χ3v) is 7.70. The van der Waals surface area contributed by atoms with Crippen LogP contribution in [0.2, 0.25) is 0 Å². The van der Waals surface area contributed by atoms with E-state index >= 15 is 0 Å². The summed E-state index contributed by atoms with van der Waals surface area (Å²) in [6, 6.07) is 4.65. The molecule has 30 heavy (non-hydrogen) atoms. The number of nitrogens with zero attached hydrogens (tertiary/aromatic N) is 3. The molecule has 2 bridgehead atoms. The molecule has 1 aromatic heterocycles. The second-order valence-corrected chi connectivity index (χ2v) is 9.84. The van der Waals surface area contributed by atoms with Gasteiger partial charge in [-0.15, -0.1) is 0 Å². The smallest absolute Gasteiger partial charge is 0.253 e. The highest BCUT2D eigenvalue weighted by Crippen LogP contribution is 2.38. The van der Waals surface area contributed by atoms with Gasteiger partial charge in [-0.25, -0.2) is 4.98 Å². The molecule has 4 heterocycles. The molecule has 2 amide bonds. The summed E-state index contributed by atoms with van der Waals surface area (Å²) in [5.41, 5.74) is 0.657. The molecule has 1 saturated carbocycles. The van der Waals surface area contributed by atoms with E-state index in [1.54, 1.807) is 6.20 Å². The van der Waals surface area contributed by atoms with E-state index in [1.165, 1.54) is 32.1 Å². The number of hydrogen-bond donors (Lipinski definition) is 1. The zero-order chi connectivity index (χ0) is 20.5. The molecule has 3 atom stereocenters. The van der Waals surface area contributed by atoms with Gasteiger partial charge in [0.1, 0.15) is 5.82 Å². The van der Waals surface area contributed by atoms with Crippen molar-refractivity contribution in [3.8, 4) is 0 Å². The first-order valence-electron chi connectivity index (χ1n) is 12.0. The fourth-order valence-corrected chi connectivity index (χ4v) is 6.20. The van der Waals surface area contributed by atoms with Crippen LogP contribution in [0, 0.1) is 11.8 Å². The van der Waals surface area contributed by atoms with Crippen molar-refractivity contribution < 1.29 is 9.59 Å². The summed E-state index contributed by atoms with van der Waals surface area (Å²) in [7, 11) is 0. The largest absolute Gasteiger partial charge is 0.356 e. The van der Waals surface area contributed by atoms with E-state index in [1.807, 2.05) is 12.1 Å². The van der Waals surface area contributed by atoms with E-state index in [2.05, 4.69) is 20.1 Å². The van der Waals surface area contributed by atoms with E-state index in [9.17, 15) is 9.59 Å². The molecule has 2 unspecified atom stereocenters. The van der Waals surface area contributed by atoms with E-state index in [4.69, 9.17) is 0 Å². The standard InChI is InChI=1S/C24H34N4O2/c29-23-9-5-8-21-19-12-17(15-28(21)23)14-27(16-19)22-11-10-18(13-25-22)24(30)26-20-6-3-1-2-4-7-20/h10-11,13,17,19-21H,1-9,12,14-16H2,(H,26,30)/t17?,19?,21-/m1/s1. The number of carbonyl (C=O) groups is 2. The van der Waals surface area contributed by atoms with Gasteiger partial charge in [-0.05, 0) is 56.1 Å². The molecule has 4 aliphatic rings. The Balaban J connectivity index is 1.23. The van der Waals surface area contributed by atoms with Gasteiger partial charge >= 0.3 is 0 Å². The molecule has 6 heteroatoms. The molecule has 0 radical (unpaired) electrons. The van der Waals surface area contributed by atoms with Gasteiger partial charge in [0, 0.05) is 44.3 Å². The average Bonchev–Trinajstić information content (AvgIpc) is 3.03. The zero-order valence-electron chi connectivity index (χ0n) is 17.9. The number of fused-ring (bicyclic) bond motifs is 4. The molecule has 1 aromatic rings. The molecule has 1 N–H and O–H groups in total. The number of piperidine rings is 3. The van der Waals surface area contributed by atoms with Crippen molar-refractivity contribution in [1.29, 1.82) is 0 Å². The Morgan fingerprint density at radius 1 is 1.00 bits per heavy atom. The first kappa shape index (κ1) is 19.8. The summed E-state index contributed by atoms with van der Waals surface area (Å²) in [6.45, 7) is 2.82. The maximum atomic E-state index is 12.7. The van der Waals surface area contributed by atoms with Crippen LogP contribution in [0.15, 0.2) is 18.3 Å². The maximum absolute atomic E-state index is 12.7. The molecule has 3 saturated heterocycles. The zero-order valence-corrected chi connectivity index (χ0v) is 17.9. The third kappa shape index (κ3) is 4.06. The Kier molecular flexibility index (Phi) is 5.66. The lowest BCUT2D eigenvalue weighted by molar-refractivity contribution is -0.142. The van der Waals surface area contributed by atoms with E-state index < -0.39 is 0 Å². The Bertz CT molecular complexity index is 772. The van der Waals surface area contributed by atoms with Crippen molar-refractivity contribution in [2.45, 2.75) is 76.3 Å². The number of rotatable bonds is 3. The van der Waals surface area contributed by atoms with Crippen LogP contribution in [0.3, 0.4) is 0 Å². The monoisotopic (exact) mass is 410 g/mol. The minimum Gasteiger partial charge on any atom is -0.356 e. The number of hydrogen-bond acceptors (Lipinski definition) is 4. The van der Waals surface area contributed by atoms with Gasteiger partial charge in [0.25, 0.3) is 5.91 Å². The van der Waals surface area contributed by atoms with Gasteiger partial charge in [-0.3, -0.25) is 9.59 Å². The number of amides is 2. The quantitative estimate of drug-likeness (QED) is 0.776. The fourth-order valence-electron chi connectivity index (χ4n) is 6.20. The Labute approximate surface area is 179 Å². The average molecular weight is 411 g/mol. The van der Waals surface area contributed by atoms with Crippen molar-refractivity contribution in [2.24, 2.45) is 11.8 Å². The maximum Gasteiger partial charge on any atom is 0.253 e. The molecular formula is C24H34N4O2. The predicted octanol–water partition coefficient (Wildman–Crippen LogP) is 3.37. The predicted molar refractivity (Wildman–Crippen MR) is 116 cm³/mol. The van der Waals surface area contributed by atoms with Crippen molar-refractivity contribution in [3.63, 3.8) is 0 Å². The summed E-state index contributed by atoms with van der Waals surface area (Å²) in [5, 5.41) is 3.21. The molecule has 162 valence electrons.